The molecule has 0 aliphatic carbocycles. The average Bonchev–Trinajstić information content (AvgIpc) is 1.95. The number of carbonyl (C=O) groups excluding carboxylic acids is 3. The van der Waals surface area contributed by atoms with E-state index < -0.39 is 44.2 Å². The molecule has 0 aromatic rings. The normalized spacial score (nSPS) is 9.52. The molecule has 0 aliphatic heterocycles. The van der Waals surface area contributed by atoms with Crippen LogP contribution in [-0.4, -0.2) is 142 Å². The number of aliphatic carboxylic acids is 3. The van der Waals surface area contributed by atoms with Gasteiger partial charge in [-0.1, -0.05) is 0 Å². The number of aliphatic hydroxyl groups is 1. The van der Waals surface area contributed by atoms with Gasteiger partial charge in [0.2, 0.25) is 0 Å². The fourth-order valence-corrected chi connectivity index (χ4v) is 0.684. The van der Waals surface area contributed by atoms with Gasteiger partial charge < -0.3 is 54.1 Å². The fourth-order valence-electron chi connectivity index (χ4n) is 0.684. The first kappa shape index (κ1) is 34.6. The molecule has 15 heteroatoms. The molecule has 0 aromatic heterocycles. The van der Waals surface area contributed by atoms with Crippen LogP contribution in [0.4, 0.5) is 0 Å². The van der Waals surface area contributed by atoms with E-state index in [2.05, 4.69) is 0 Å². The van der Waals surface area contributed by atoms with Gasteiger partial charge in [-0.05, 0) is 0 Å². The summed E-state index contributed by atoms with van der Waals surface area (Å²) in [5.74, 6) is -5.98. The molecule has 21 heavy (non-hydrogen) atoms. The summed E-state index contributed by atoms with van der Waals surface area (Å²) < 4.78 is 8.55. The smallest absolute Gasteiger partial charge is 0.822 e. The van der Waals surface area contributed by atoms with Crippen LogP contribution in [0.5, 0.6) is 0 Å². The summed E-state index contributed by atoms with van der Waals surface area (Å²) in [5, 5.41) is 38.9. The van der Waals surface area contributed by atoms with E-state index in [1.165, 1.54) is 0 Å². The Hall–Kier alpha value is 2.26. The predicted octanol–water partition coefficient (Wildman–Crippen LogP) is -9.22. The molecule has 11 nitrogen and oxygen atoms in total. The Balaban J connectivity index is -0.0000000933. The van der Waals surface area contributed by atoms with E-state index in [0.29, 0.717) is 0 Å². The van der Waals surface area contributed by atoms with Gasteiger partial charge in [0.25, 0.3) is 0 Å². The summed E-state index contributed by atoms with van der Waals surface area (Å²) in [7, 11) is -5.39. The van der Waals surface area contributed by atoms with Crippen molar-refractivity contribution >= 4 is 139 Å². The molecule has 0 bridgehead atoms. The number of carboxylic acids is 3. The first-order valence-electron chi connectivity index (χ1n) is 3.84. The third-order valence-corrected chi connectivity index (χ3v) is 1.25. The summed E-state index contributed by atoms with van der Waals surface area (Å²) in [6.45, 7) is 0. The molecule has 0 aromatic carbocycles. The van der Waals surface area contributed by atoms with Crippen LogP contribution in [-0.2, 0) is 18.9 Å². The van der Waals surface area contributed by atoms with Gasteiger partial charge in [-0.25, -0.2) is 0 Å². The molecule has 0 saturated carbocycles. The first-order chi connectivity index (χ1) is 7.78. The third kappa shape index (κ3) is 27.4. The first-order valence-corrected chi connectivity index (χ1v) is 5.30. The molecule has 0 fully saturated rings. The molecule has 0 amide bonds. The maximum Gasteiger partial charge on any atom is 2.00 e. The Morgan fingerprint density at radius 2 is 1.05 bits per heavy atom. The van der Waals surface area contributed by atoms with Gasteiger partial charge in [0.1, 0.15) is 5.60 Å². The van der Waals surface area contributed by atoms with E-state index in [1.54, 1.807) is 0 Å². The Bertz CT molecular complexity index is 356. The third-order valence-electron chi connectivity index (χ3n) is 1.25. The molecule has 0 radical (unpaired) electrons. The van der Waals surface area contributed by atoms with Crippen LogP contribution >= 0.6 is 7.82 Å². The van der Waals surface area contributed by atoms with Crippen molar-refractivity contribution in [2.24, 2.45) is 0 Å². The molecule has 0 rings (SSSR count). The second kappa shape index (κ2) is 15.8. The second-order valence-corrected chi connectivity index (χ2v) is 3.76. The topological polar surface area (TPSA) is 227 Å². The summed E-state index contributed by atoms with van der Waals surface area (Å²) >= 11 is 0. The largest absolute Gasteiger partial charge is 2.00 e. The Labute approximate surface area is 208 Å². The van der Waals surface area contributed by atoms with Crippen molar-refractivity contribution in [2.45, 2.75) is 18.4 Å². The van der Waals surface area contributed by atoms with Crippen molar-refractivity contribution in [3.8, 4) is 0 Å². The van der Waals surface area contributed by atoms with Crippen molar-refractivity contribution in [2.75, 3.05) is 0 Å². The van der Waals surface area contributed by atoms with Crippen LogP contribution in [0.15, 0.2) is 0 Å². The van der Waals surface area contributed by atoms with Crippen molar-refractivity contribution in [3.63, 3.8) is 0 Å². The zero-order valence-corrected chi connectivity index (χ0v) is 18.0. The number of hydrogen-bond acceptors (Lipinski definition) is 11. The van der Waals surface area contributed by atoms with Crippen molar-refractivity contribution in [1.82, 2.24) is 0 Å². The zero-order valence-electron chi connectivity index (χ0n) is 10.5. The van der Waals surface area contributed by atoms with E-state index >= 15 is 0 Å². The van der Waals surface area contributed by atoms with E-state index in [0.717, 1.165) is 0 Å². The molecule has 0 saturated heterocycles. The summed E-state index contributed by atoms with van der Waals surface area (Å²) in [6, 6.07) is 0. The van der Waals surface area contributed by atoms with E-state index in [-0.39, 0.29) is 113 Å². The number of carbonyl (C=O) groups is 3. The van der Waals surface area contributed by atoms with Crippen LogP contribution in [0, 0.1) is 0 Å². The Morgan fingerprint density at radius 3 is 1.14 bits per heavy atom. The van der Waals surface area contributed by atoms with Crippen LogP contribution in [0.3, 0.4) is 0 Å². The summed E-state index contributed by atoms with van der Waals surface area (Å²) in [5.41, 5.74) is -2.97. The molecule has 0 spiro atoms. The van der Waals surface area contributed by atoms with Crippen LogP contribution in [0.25, 0.3) is 0 Å². The van der Waals surface area contributed by atoms with Gasteiger partial charge in [0.05, 0.1) is 5.97 Å². The number of carboxylic acid groups (broad SMARTS) is 3. The van der Waals surface area contributed by atoms with Crippen LogP contribution in [0.1, 0.15) is 12.8 Å². The molecule has 0 unspecified atom stereocenters. The molecular formula is C6H5Ca3O11P. The maximum atomic E-state index is 10.1. The second-order valence-electron chi connectivity index (χ2n) is 2.86. The van der Waals surface area contributed by atoms with Gasteiger partial charge in [-0.3, -0.25) is 0 Å². The van der Waals surface area contributed by atoms with Gasteiger partial charge in [0, 0.05) is 24.8 Å². The fraction of sp³-hybridized carbons (Fsp3) is 0.500. The number of hydrogen-bond donors (Lipinski definition) is 1. The molecular weight excluding hydrogens is 399 g/mol. The van der Waals surface area contributed by atoms with Gasteiger partial charge >= 0.3 is 113 Å². The van der Waals surface area contributed by atoms with Gasteiger partial charge in [-0.2, -0.15) is 7.82 Å². The average molecular weight is 404 g/mol. The van der Waals surface area contributed by atoms with E-state index in [9.17, 15) is 29.7 Å². The molecule has 106 valence electrons. The zero-order chi connectivity index (χ0) is 15.1. The van der Waals surface area contributed by atoms with E-state index in [1.807, 2.05) is 0 Å². The molecule has 0 heterocycles. The van der Waals surface area contributed by atoms with Gasteiger partial charge in [-0.15, -0.1) is 0 Å². The molecule has 1 N–H and O–H groups in total. The number of rotatable bonds is 5. The molecule has 0 aliphatic rings. The Kier molecular flexibility index (Phi) is 26.0. The van der Waals surface area contributed by atoms with Crippen molar-refractivity contribution < 1.29 is 54.1 Å². The summed E-state index contributed by atoms with van der Waals surface area (Å²) in [4.78, 5) is 55.6. The van der Waals surface area contributed by atoms with Gasteiger partial charge in [0.15, 0.2) is 0 Å². The predicted molar refractivity (Wildman–Crippen MR) is 54.1 cm³/mol. The minimum Gasteiger partial charge on any atom is -0.822 e. The van der Waals surface area contributed by atoms with Crippen LogP contribution < -0.4 is 30.0 Å². The minimum absolute atomic E-state index is 0. The minimum atomic E-state index is -5.39. The van der Waals surface area contributed by atoms with Crippen molar-refractivity contribution in [1.29, 1.82) is 0 Å². The van der Waals surface area contributed by atoms with Crippen molar-refractivity contribution in [3.05, 3.63) is 0 Å². The van der Waals surface area contributed by atoms with Crippen LogP contribution in [0.2, 0.25) is 0 Å². The van der Waals surface area contributed by atoms with E-state index in [4.69, 9.17) is 24.4 Å². The SMILES string of the molecule is O=C([O-])CC(O)(CC(=O)[O-])C(=O)[O-].O=P([O-])([O-])[O-].[Ca+2].[Ca+2].[Ca+2]. The standard InChI is InChI=1S/C6H8O7.3Ca.H3O4P/c7-3(8)1-6(13,5(11)12)2-4(9)10;;;;1-5(2,3)4/h13H,1-2H2,(H,7,8)(H,9,10)(H,11,12);;;;(H3,1,2,3,4)/q;3*+2;/p-6. The monoisotopic (exact) mass is 404 g/mol. The Morgan fingerprint density at radius 1 is 0.857 bits per heavy atom. The summed E-state index contributed by atoms with van der Waals surface area (Å²) in [6.07, 6.45) is -2.72. The molecule has 0 atom stereocenters. The maximum absolute atomic E-state index is 10.1. The quantitative estimate of drug-likeness (QED) is 0.334. The number of phosphoric acid groups is 1.